The number of carbonyl (C=O) groups is 1. The standard InChI is InChI=1S/C15H19FN2O2/c16-10-5-6-12(13(14(10)17)15(19)20)18-8-7-9-3-1-2-4-11(9)18/h5-6,9,11H,1-4,7-8,17H2,(H,19,20). The fourth-order valence-electron chi connectivity index (χ4n) is 3.75. The first-order valence-electron chi connectivity index (χ1n) is 7.17. The minimum Gasteiger partial charge on any atom is -0.478 e. The van der Waals surface area contributed by atoms with Crippen molar-refractivity contribution in [2.75, 3.05) is 17.2 Å². The van der Waals surface area contributed by atoms with Crippen molar-refractivity contribution in [3.63, 3.8) is 0 Å². The summed E-state index contributed by atoms with van der Waals surface area (Å²) in [6, 6.07) is 3.21. The molecule has 0 aromatic heterocycles. The Balaban J connectivity index is 2.02. The van der Waals surface area contributed by atoms with Gasteiger partial charge < -0.3 is 15.7 Å². The Labute approximate surface area is 117 Å². The first-order valence-corrected chi connectivity index (χ1v) is 7.17. The molecule has 5 heteroatoms. The van der Waals surface area contributed by atoms with Crippen LogP contribution in [-0.4, -0.2) is 23.7 Å². The Hall–Kier alpha value is -1.78. The summed E-state index contributed by atoms with van der Waals surface area (Å²) in [6.45, 7) is 0.834. The maximum atomic E-state index is 13.5. The lowest BCUT2D eigenvalue weighted by molar-refractivity contribution is 0.0698. The molecule has 1 saturated heterocycles. The monoisotopic (exact) mass is 278 g/mol. The van der Waals surface area contributed by atoms with Gasteiger partial charge in [-0.3, -0.25) is 0 Å². The Morgan fingerprint density at radius 2 is 2.05 bits per heavy atom. The van der Waals surface area contributed by atoms with E-state index in [4.69, 9.17) is 5.73 Å². The van der Waals surface area contributed by atoms with Crippen molar-refractivity contribution in [1.82, 2.24) is 0 Å². The number of carboxylic acid groups (broad SMARTS) is 1. The molecule has 2 aliphatic rings. The molecule has 2 atom stereocenters. The number of nitrogens with two attached hydrogens (primary N) is 1. The maximum Gasteiger partial charge on any atom is 0.340 e. The van der Waals surface area contributed by atoms with E-state index in [1.54, 1.807) is 6.07 Å². The molecule has 3 N–H and O–H groups in total. The molecule has 1 saturated carbocycles. The summed E-state index contributed by atoms with van der Waals surface area (Å²) < 4.78 is 13.5. The molecule has 4 nitrogen and oxygen atoms in total. The van der Waals surface area contributed by atoms with Crippen LogP contribution < -0.4 is 10.6 Å². The molecular weight excluding hydrogens is 259 g/mol. The van der Waals surface area contributed by atoms with E-state index in [1.807, 2.05) is 0 Å². The van der Waals surface area contributed by atoms with Crippen molar-refractivity contribution < 1.29 is 14.3 Å². The zero-order valence-electron chi connectivity index (χ0n) is 11.3. The van der Waals surface area contributed by atoms with E-state index >= 15 is 0 Å². The first kappa shape index (κ1) is 13.2. The fourth-order valence-corrected chi connectivity index (χ4v) is 3.75. The average Bonchev–Trinajstić information content (AvgIpc) is 2.85. The van der Waals surface area contributed by atoms with Crippen molar-refractivity contribution >= 4 is 17.3 Å². The number of halogens is 1. The van der Waals surface area contributed by atoms with Crippen LogP contribution in [0.2, 0.25) is 0 Å². The van der Waals surface area contributed by atoms with Gasteiger partial charge in [0.1, 0.15) is 11.4 Å². The van der Waals surface area contributed by atoms with Crippen LogP contribution in [0, 0.1) is 11.7 Å². The van der Waals surface area contributed by atoms with E-state index < -0.39 is 11.8 Å². The number of nitrogens with zero attached hydrogens (tertiary/aromatic N) is 1. The van der Waals surface area contributed by atoms with Crippen molar-refractivity contribution in [3.05, 3.63) is 23.5 Å². The number of carboxylic acids is 1. The first-order chi connectivity index (χ1) is 9.59. The molecular formula is C15H19FN2O2. The maximum absolute atomic E-state index is 13.5. The Bertz CT molecular complexity index is 547. The highest BCUT2D eigenvalue weighted by atomic mass is 19.1. The minimum atomic E-state index is -1.16. The second-order valence-corrected chi connectivity index (χ2v) is 5.75. The topological polar surface area (TPSA) is 66.6 Å². The third kappa shape index (κ3) is 2.01. The Kier molecular flexibility index (Phi) is 3.28. The van der Waals surface area contributed by atoms with Crippen LogP contribution in [0.3, 0.4) is 0 Å². The van der Waals surface area contributed by atoms with Crippen LogP contribution >= 0.6 is 0 Å². The lowest BCUT2D eigenvalue weighted by atomic mass is 9.85. The summed E-state index contributed by atoms with van der Waals surface area (Å²) in [7, 11) is 0. The smallest absolute Gasteiger partial charge is 0.340 e. The predicted molar refractivity (Wildman–Crippen MR) is 75.5 cm³/mol. The molecule has 108 valence electrons. The van der Waals surface area contributed by atoms with Crippen LogP contribution in [0.15, 0.2) is 12.1 Å². The summed E-state index contributed by atoms with van der Waals surface area (Å²) in [4.78, 5) is 13.6. The van der Waals surface area contributed by atoms with Crippen LogP contribution in [0.1, 0.15) is 42.5 Å². The molecule has 1 heterocycles. The number of hydrogen-bond donors (Lipinski definition) is 2. The number of rotatable bonds is 2. The predicted octanol–water partition coefficient (Wildman–Crippen LogP) is 2.88. The third-order valence-electron chi connectivity index (χ3n) is 4.70. The van der Waals surface area contributed by atoms with Crippen LogP contribution in [-0.2, 0) is 0 Å². The number of nitrogen functional groups attached to an aromatic ring is 1. The molecule has 2 fully saturated rings. The second-order valence-electron chi connectivity index (χ2n) is 5.75. The van der Waals surface area contributed by atoms with E-state index in [2.05, 4.69) is 4.90 Å². The van der Waals surface area contributed by atoms with Gasteiger partial charge in [0, 0.05) is 12.6 Å². The van der Waals surface area contributed by atoms with Gasteiger partial charge in [-0.25, -0.2) is 9.18 Å². The Morgan fingerprint density at radius 1 is 1.30 bits per heavy atom. The highest BCUT2D eigenvalue weighted by molar-refractivity contribution is 6.00. The zero-order chi connectivity index (χ0) is 14.3. The van der Waals surface area contributed by atoms with Crippen molar-refractivity contribution in [2.45, 2.75) is 38.1 Å². The molecule has 0 bridgehead atoms. The van der Waals surface area contributed by atoms with E-state index in [0.717, 1.165) is 19.4 Å². The molecule has 1 aromatic carbocycles. The molecule has 20 heavy (non-hydrogen) atoms. The van der Waals surface area contributed by atoms with Crippen LogP contribution in [0.4, 0.5) is 15.8 Å². The molecule has 1 aliphatic carbocycles. The van der Waals surface area contributed by atoms with Gasteiger partial charge in [-0.1, -0.05) is 12.8 Å². The fraction of sp³-hybridized carbons (Fsp3) is 0.533. The van der Waals surface area contributed by atoms with E-state index in [1.165, 1.54) is 25.3 Å². The molecule has 0 radical (unpaired) electrons. The summed E-state index contributed by atoms with van der Waals surface area (Å²) in [5, 5.41) is 9.35. The number of benzene rings is 1. The highest BCUT2D eigenvalue weighted by Gasteiger charge is 2.37. The minimum absolute atomic E-state index is 0.0868. The van der Waals surface area contributed by atoms with Gasteiger partial charge in [0.2, 0.25) is 0 Å². The Morgan fingerprint density at radius 3 is 2.80 bits per heavy atom. The van der Waals surface area contributed by atoms with Gasteiger partial charge >= 0.3 is 5.97 Å². The van der Waals surface area contributed by atoms with E-state index in [-0.39, 0.29) is 11.3 Å². The van der Waals surface area contributed by atoms with Gasteiger partial charge in [0.15, 0.2) is 0 Å². The third-order valence-corrected chi connectivity index (χ3v) is 4.70. The van der Waals surface area contributed by atoms with Crippen LogP contribution in [0.5, 0.6) is 0 Å². The van der Waals surface area contributed by atoms with Gasteiger partial charge in [-0.05, 0) is 37.3 Å². The summed E-state index contributed by atoms with van der Waals surface area (Å²) >= 11 is 0. The van der Waals surface area contributed by atoms with Crippen molar-refractivity contribution in [1.29, 1.82) is 0 Å². The van der Waals surface area contributed by atoms with Crippen molar-refractivity contribution in [3.8, 4) is 0 Å². The second kappa shape index (κ2) is 4.96. The van der Waals surface area contributed by atoms with Gasteiger partial charge in [-0.15, -0.1) is 0 Å². The molecule has 2 unspecified atom stereocenters. The lowest BCUT2D eigenvalue weighted by Crippen LogP contribution is -2.35. The zero-order valence-corrected chi connectivity index (χ0v) is 11.3. The molecule has 0 amide bonds. The van der Waals surface area contributed by atoms with Gasteiger partial charge in [-0.2, -0.15) is 0 Å². The average molecular weight is 278 g/mol. The summed E-state index contributed by atoms with van der Waals surface area (Å²) in [5.41, 5.74) is 5.87. The summed E-state index contributed by atoms with van der Waals surface area (Å²) in [5.74, 6) is -1.18. The largest absolute Gasteiger partial charge is 0.478 e. The number of aromatic carboxylic acids is 1. The van der Waals surface area contributed by atoms with Crippen molar-refractivity contribution in [2.24, 2.45) is 5.92 Å². The summed E-state index contributed by atoms with van der Waals surface area (Å²) in [6.07, 6.45) is 5.81. The van der Waals surface area contributed by atoms with Crippen LogP contribution in [0.25, 0.3) is 0 Å². The van der Waals surface area contributed by atoms with Gasteiger partial charge in [0.05, 0.1) is 11.4 Å². The van der Waals surface area contributed by atoms with E-state index in [9.17, 15) is 14.3 Å². The lowest BCUT2D eigenvalue weighted by Gasteiger charge is -2.34. The highest BCUT2D eigenvalue weighted by Crippen LogP contribution is 2.41. The molecule has 3 rings (SSSR count). The SMILES string of the molecule is Nc1c(F)ccc(N2CCC3CCCCC32)c1C(=O)O. The number of fused-ring (bicyclic) bond motifs is 1. The quantitative estimate of drug-likeness (QED) is 0.816. The van der Waals surface area contributed by atoms with Gasteiger partial charge in [0.25, 0.3) is 0 Å². The van der Waals surface area contributed by atoms with E-state index in [0.29, 0.717) is 17.6 Å². The molecule has 1 aromatic rings. The molecule has 0 spiro atoms. The number of hydrogen-bond acceptors (Lipinski definition) is 3. The number of anilines is 2. The normalized spacial score (nSPS) is 25.6. The molecule has 1 aliphatic heterocycles.